The van der Waals surface area contributed by atoms with Crippen molar-refractivity contribution in [2.45, 2.75) is 51.1 Å². The van der Waals surface area contributed by atoms with Gasteiger partial charge in [-0.1, -0.05) is 31.4 Å². The van der Waals surface area contributed by atoms with Gasteiger partial charge in [-0.05, 0) is 19.4 Å². The van der Waals surface area contributed by atoms with Crippen LogP contribution in [-0.2, 0) is 11.3 Å². The van der Waals surface area contributed by atoms with Gasteiger partial charge in [0.05, 0.1) is 30.1 Å². The molecule has 1 aromatic heterocycles. The van der Waals surface area contributed by atoms with Crippen LogP contribution in [0.4, 0.5) is 0 Å². The first-order valence-corrected chi connectivity index (χ1v) is 7.59. The molecule has 0 aliphatic heterocycles. The van der Waals surface area contributed by atoms with Crippen LogP contribution >= 0.6 is 11.6 Å². The van der Waals surface area contributed by atoms with E-state index in [2.05, 4.69) is 17.3 Å². The lowest BCUT2D eigenvalue weighted by atomic mass is 9.82. The molecule has 1 N–H and O–H groups in total. The van der Waals surface area contributed by atoms with Crippen LogP contribution in [0.25, 0.3) is 0 Å². The van der Waals surface area contributed by atoms with Crippen LogP contribution in [0.3, 0.4) is 0 Å². The van der Waals surface area contributed by atoms with E-state index in [9.17, 15) is 0 Å². The second kappa shape index (κ2) is 7.27. The number of likely N-dealkylation sites (N-methyl/N-ethyl adjacent to an activating group) is 1. The molecule has 0 bridgehead atoms. The molecular formula is C14H24ClN3O. The Balaban J connectivity index is 2.19. The molecule has 1 heterocycles. The lowest BCUT2D eigenvalue weighted by Crippen LogP contribution is -2.38. The summed E-state index contributed by atoms with van der Waals surface area (Å²) in [5.41, 5.74) is 1.18. The second-order valence-electron chi connectivity index (χ2n) is 5.15. The van der Waals surface area contributed by atoms with E-state index in [0.717, 1.165) is 18.1 Å². The summed E-state index contributed by atoms with van der Waals surface area (Å²) >= 11 is 6.37. The minimum Gasteiger partial charge on any atom is -0.383 e. The van der Waals surface area contributed by atoms with Gasteiger partial charge in [0.25, 0.3) is 0 Å². The van der Waals surface area contributed by atoms with Gasteiger partial charge in [-0.2, -0.15) is 5.10 Å². The quantitative estimate of drug-likeness (QED) is 0.873. The molecule has 2 unspecified atom stereocenters. The molecule has 1 fully saturated rings. The molecule has 1 aliphatic carbocycles. The standard InChI is InChI=1S/C14H24ClN3O/c1-3-16-13-7-5-4-6-11(13)14-12(15)10-17-18(14)8-9-19-2/h10-11,13,16H,3-9H2,1-2H3. The van der Waals surface area contributed by atoms with E-state index in [1.54, 1.807) is 13.3 Å². The van der Waals surface area contributed by atoms with E-state index < -0.39 is 0 Å². The first-order valence-electron chi connectivity index (χ1n) is 7.21. The minimum atomic E-state index is 0.473. The Labute approximate surface area is 120 Å². The fourth-order valence-corrected chi connectivity index (χ4v) is 3.34. The van der Waals surface area contributed by atoms with Crippen LogP contribution in [-0.4, -0.2) is 36.1 Å². The van der Waals surface area contributed by atoms with E-state index in [-0.39, 0.29) is 0 Å². The maximum absolute atomic E-state index is 6.37. The van der Waals surface area contributed by atoms with E-state index in [0.29, 0.717) is 18.6 Å². The number of nitrogens with one attached hydrogen (secondary N) is 1. The highest BCUT2D eigenvalue weighted by Crippen LogP contribution is 2.36. The lowest BCUT2D eigenvalue weighted by Gasteiger charge is -2.32. The average Bonchev–Trinajstić information content (AvgIpc) is 2.79. The highest BCUT2D eigenvalue weighted by atomic mass is 35.5. The third-order valence-electron chi connectivity index (χ3n) is 3.92. The molecule has 1 aliphatic rings. The number of hydrogen-bond acceptors (Lipinski definition) is 3. The summed E-state index contributed by atoms with van der Waals surface area (Å²) in [5.74, 6) is 0.473. The maximum atomic E-state index is 6.37. The molecule has 0 radical (unpaired) electrons. The van der Waals surface area contributed by atoms with Crippen LogP contribution < -0.4 is 5.32 Å². The number of aromatic nitrogens is 2. The van der Waals surface area contributed by atoms with Gasteiger partial charge in [0.1, 0.15) is 0 Å². The molecule has 1 aromatic rings. The summed E-state index contributed by atoms with van der Waals surface area (Å²) in [7, 11) is 1.72. The second-order valence-corrected chi connectivity index (χ2v) is 5.56. The maximum Gasteiger partial charge on any atom is 0.0821 e. The summed E-state index contributed by atoms with van der Waals surface area (Å²) in [6.07, 6.45) is 6.76. The minimum absolute atomic E-state index is 0.473. The summed E-state index contributed by atoms with van der Waals surface area (Å²) in [5, 5.41) is 8.80. The Morgan fingerprint density at radius 2 is 2.26 bits per heavy atom. The zero-order valence-electron chi connectivity index (χ0n) is 11.9. The van der Waals surface area contributed by atoms with Crippen molar-refractivity contribution in [1.29, 1.82) is 0 Å². The number of hydrogen-bond donors (Lipinski definition) is 1. The van der Waals surface area contributed by atoms with E-state index in [1.165, 1.54) is 31.4 Å². The third kappa shape index (κ3) is 3.50. The smallest absolute Gasteiger partial charge is 0.0821 e. The van der Waals surface area contributed by atoms with Crippen molar-refractivity contribution in [3.05, 3.63) is 16.9 Å². The SMILES string of the molecule is CCNC1CCCCC1c1c(Cl)cnn1CCOC. The van der Waals surface area contributed by atoms with E-state index in [4.69, 9.17) is 16.3 Å². The van der Waals surface area contributed by atoms with E-state index >= 15 is 0 Å². The Bertz CT molecular complexity index is 392. The predicted octanol–water partition coefficient (Wildman–Crippen LogP) is 2.82. The van der Waals surface area contributed by atoms with Crippen molar-refractivity contribution in [3.8, 4) is 0 Å². The molecular weight excluding hydrogens is 262 g/mol. The predicted molar refractivity (Wildman–Crippen MR) is 77.8 cm³/mol. The zero-order valence-corrected chi connectivity index (χ0v) is 12.6. The van der Waals surface area contributed by atoms with Crippen LogP contribution in [0.5, 0.6) is 0 Å². The van der Waals surface area contributed by atoms with Gasteiger partial charge in [0, 0.05) is 19.1 Å². The molecule has 0 spiro atoms. The van der Waals surface area contributed by atoms with Crippen molar-refractivity contribution >= 4 is 11.6 Å². The molecule has 2 atom stereocenters. The highest BCUT2D eigenvalue weighted by Gasteiger charge is 2.30. The van der Waals surface area contributed by atoms with Gasteiger partial charge in [-0.15, -0.1) is 0 Å². The van der Waals surface area contributed by atoms with Gasteiger partial charge in [0.2, 0.25) is 0 Å². The molecule has 0 saturated heterocycles. The lowest BCUT2D eigenvalue weighted by molar-refractivity contribution is 0.180. The number of rotatable bonds is 6. The molecule has 0 aromatic carbocycles. The Kier molecular flexibility index (Phi) is 5.67. The average molecular weight is 286 g/mol. The summed E-state index contributed by atoms with van der Waals surface area (Å²) in [4.78, 5) is 0. The Morgan fingerprint density at radius 3 is 3.00 bits per heavy atom. The van der Waals surface area contributed by atoms with Crippen molar-refractivity contribution in [1.82, 2.24) is 15.1 Å². The van der Waals surface area contributed by atoms with Crippen LogP contribution in [0, 0.1) is 0 Å². The molecule has 19 heavy (non-hydrogen) atoms. The van der Waals surface area contributed by atoms with Gasteiger partial charge < -0.3 is 10.1 Å². The zero-order chi connectivity index (χ0) is 13.7. The third-order valence-corrected chi connectivity index (χ3v) is 4.22. The number of nitrogens with zero attached hydrogens (tertiary/aromatic N) is 2. The summed E-state index contributed by atoms with van der Waals surface area (Å²) < 4.78 is 7.17. The summed E-state index contributed by atoms with van der Waals surface area (Å²) in [6, 6.07) is 0.522. The van der Waals surface area contributed by atoms with Crippen molar-refractivity contribution in [3.63, 3.8) is 0 Å². The van der Waals surface area contributed by atoms with Gasteiger partial charge in [0.15, 0.2) is 0 Å². The van der Waals surface area contributed by atoms with Gasteiger partial charge in [-0.3, -0.25) is 4.68 Å². The topological polar surface area (TPSA) is 39.1 Å². The van der Waals surface area contributed by atoms with Gasteiger partial charge in [-0.25, -0.2) is 0 Å². The van der Waals surface area contributed by atoms with Gasteiger partial charge >= 0.3 is 0 Å². The molecule has 2 rings (SSSR count). The van der Waals surface area contributed by atoms with Crippen LogP contribution in [0.15, 0.2) is 6.20 Å². The Morgan fingerprint density at radius 1 is 1.47 bits per heavy atom. The van der Waals surface area contributed by atoms with E-state index in [1.807, 2.05) is 4.68 Å². The molecule has 0 amide bonds. The van der Waals surface area contributed by atoms with Crippen LogP contribution in [0.1, 0.15) is 44.2 Å². The highest BCUT2D eigenvalue weighted by molar-refractivity contribution is 6.31. The normalized spacial score (nSPS) is 23.7. The van der Waals surface area contributed by atoms with Crippen LogP contribution in [0.2, 0.25) is 5.02 Å². The molecule has 108 valence electrons. The summed E-state index contributed by atoms with van der Waals surface area (Å²) in [6.45, 7) is 4.61. The van der Waals surface area contributed by atoms with Crippen molar-refractivity contribution < 1.29 is 4.74 Å². The van der Waals surface area contributed by atoms with Crippen molar-refractivity contribution in [2.75, 3.05) is 20.3 Å². The Hall–Kier alpha value is -0.580. The largest absolute Gasteiger partial charge is 0.383 e. The number of methoxy groups -OCH3 is 1. The monoisotopic (exact) mass is 285 g/mol. The first-order chi connectivity index (χ1) is 9.27. The number of ether oxygens (including phenoxy) is 1. The molecule has 4 nitrogen and oxygen atoms in total. The number of halogens is 1. The first kappa shape index (κ1) is 14.8. The molecule has 1 saturated carbocycles. The molecule has 5 heteroatoms. The fraction of sp³-hybridized carbons (Fsp3) is 0.786. The fourth-order valence-electron chi connectivity index (χ4n) is 3.06. The van der Waals surface area contributed by atoms with Crippen molar-refractivity contribution in [2.24, 2.45) is 0 Å².